The first-order valence-electron chi connectivity index (χ1n) is 18.6. The predicted octanol–water partition coefficient (Wildman–Crippen LogP) is 6.41. The molecule has 1 heterocycles. The predicted molar refractivity (Wildman–Crippen MR) is 183 cm³/mol. The highest BCUT2D eigenvalue weighted by molar-refractivity contribution is 5.76. The second kappa shape index (κ2) is 31.8. The number of aliphatic carboxylic acids is 1. The Bertz CT molecular complexity index is 790. The van der Waals surface area contributed by atoms with Gasteiger partial charge in [0.25, 0.3) is 0 Å². The summed E-state index contributed by atoms with van der Waals surface area (Å²) >= 11 is 0. The molecule has 1 unspecified atom stereocenters. The molecule has 1 rings (SSSR count). The van der Waals surface area contributed by atoms with Crippen LogP contribution in [0.1, 0.15) is 142 Å². The van der Waals surface area contributed by atoms with Gasteiger partial charge in [0.05, 0.1) is 39.2 Å². The molecule has 0 fully saturated rings. The van der Waals surface area contributed by atoms with Crippen LogP contribution in [0, 0.1) is 0 Å². The SMILES string of the molecule is CCCCCCCCCCCCCCCCCCOCC(COCCOCCN1C=C[N+](=CCCCCC(=O)[O-])C1)OCC(C)=O. The summed E-state index contributed by atoms with van der Waals surface area (Å²) < 4.78 is 25.2. The number of nitrogens with zero attached hydrogens (tertiary/aromatic N) is 2. The molecule has 0 amide bonds. The maximum atomic E-state index is 11.4. The van der Waals surface area contributed by atoms with E-state index in [4.69, 9.17) is 18.9 Å². The van der Waals surface area contributed by atoms with Gasteiger partial charge in [0, 0.05) is 25.5 Å². The smallest absolute Gasteiger partial charge is 0.223 e. The molecule has 0 aromatic heterocycles. The van der Waals surface area contributed by atoms with E-state index in [1.807, 2.05) is 12.4 Å². The van der Waals surface area contributed by atoms with Crippen LogP contribution in [-0.2, 0) is 28.5 Å². The van der Waals surface area contributed by atoms with Gasteiger partial charge in [-0.2, -0.15) is 4.58 Å². The van der Waals surface area contributed by atoms with Crippen molar-refractivity contribution in [3.63, 3.8) is 0 Å². The minimum atomic E-state index is -0.983. The molecule has 0 aromatic rings. The van der Waals surface area contributed by atoms with Gasteiger partial charge in [-0.1, -0.05) is 103 Å². The van der Waals surface area contributed by atoms with E-state index < -0.39 is 5.97 Å². The number of carbonyl (C=O) groups excluding carboxylic acids is 2. The van der Waals surface area contributed by atoms with E-state index in [-0.39, 0.29) is 24.9 Å². The van der Waals surface area contributed by atoms with E-state index in [2.05, 4.69) is 22.6 Å². The van der Waals surface area contributed by atoms with E-state index in [0.717, 1.165) is 32.5 Å². The van der Waals surface area contributed by atoms with Crippen molar-refractivity contribution in [1.82, 2.24) is 4.90 Å². The number of unbranched alkanes of at least 4 members (excludes halogenated alkanes) is 17. The summed E-state index contributed by atoms with van der Waals surface area (Å²) in [5, 5.41) is 10.5. The molecule has 1 aliphatic heterocycles. The highest BCUT2D eigenvalue weighted by Gasteiger charge is 2.15. The van der Waals surface area contributed by atoms with Crippen LogP contribution in [0.2, 0.25) is 0 Å². The molecular weight excluding hydrogens is 584 g/mol. The molecule has 1 atom stereocenters. The van der Waals surface area contributed by atoms with Gasteiger partial charge >= 0.3 is 0 Å². The molecule has 0 spiro atoms. The lowest BCUT2D eigenvalue weighted by Gasteiger charge is -2.18. The van der Waals surface area contributed by atoms with Crippen LogP contribution in [0.15, 0.2) is 12.4 Å². The van der Waals surface area contributed by atoms with E-state index in [0.29, 0.717) is 46.1 Å². The van der Waals surface area contributed by atoms with Crippen molar-refractivity contribution in [2.45, 2.75) is 148 Å². The fourth-order valence-corrected chi connectivity index (χ4v) is 5.38. The van der Waals surface area contributed by atoms with Crippen LogP contribution >= 0.6 is 0 Å². The van der Waals surface area contributed by atoms with Crippen LogP contribution in [0.3, 0.4) is 0 Å². The topological polar surface area (TPSA) is 100 Å². The Morgan fingerprint density at radius 2 is 1.33 bits per heavy atom. The van der Waals surface area contributed by atoms with Crippen molar-refractivity contribution in [3.8, 4) is 0 Å². The Labute approximate surface area is 281 Å². The van der Waals surface area contributed by atoms with Gasteiger partial charge in [-0.25, -0.2) is 0 Å². The number of carboxylic acid groups (broad SMARTS) is 1. The molecule has 46 heavy (non-hydrogen) atoms. The number of hydrogen-bond donors (Lipinski definition) is 0. The van der Waals surface area contributed by atoms with Crippen molar-refractivity contribution in [1.29, 1.82) is 0 Å². The van der Waals surface area contributed by atoms with Crippen molar-refractivity contribution in [2.75, 3.05) is 59.5 Å². The Balaban J connectivity index is 1.96. The van der Waals surface area contributed by atoms with Crippen LogP contribution in [0.4, 0.5) is 0 Å². The minimum Gasteiger partial charge on any atom is -0.550 e. The first-order valence-corrected chi connectivity index (χ1v) is 18.6. The summed E-state index contributed by atoms with van der Waals surface area (Å²) in [5.41, 5.74) is 0. The van der Waals surface area contributed by atoms with E-state index in [1.54, 1.807) is 0 Å². The highest BCUT2D eigenvalue weighted by Crippen LogP contribution is 2.14. The lowest BCUT2D eigenvalue weighted by Crippen LogP contribution is -2.29. The summed E-state index contributed by atoms with van der Waals surface area (Å²) in [6, 6.07) is 0. The first kappa shape index (κ1) is 42.2. The molecular formula is C37H68N2O7. The Kier molecular flexibility index (Phi) is 29.2. The first-order chi connectivity index (χ1) is 22.5. The third kappa shape index (κ3) is 28.4. The van der Waals surface area contributed by atoms with Gasteiger partial charge in [0.2, 0.25) is 6.67 Å². The van der Waals surface area contributed by atoms with Gasteiger partial charge in [-0.3, -0.25) is 4.79 Å². The van der Waals surface area contributed by atoms with Gasteiger partial charge < -0.3 is 33.7 Å². The van der Waals surface area contributed by atoms with E-state index >= 15 is 0 Å². The Hall–Kier alpha value is -1.81. The fourth-order valence-electron chi connectivity index (χ4n) is 5.38. The molecule has 0 aromatic carbocycles. The number of carboxylic acids is 1. The highest BCUT2D eigenvalue weighted by atomic mass is 16.6. The normalized spacial score (nSPS) is 14.5. The summed E-state index contributed by atoms with van der Waals surface area (Å²) in [6.45, 7) is 8.49. The van der Waals surface area contributed by atoms with Crippen molar-refractivity contribution >= 4 is 18.0 Å². The second-order valence-corrected chi connectivity index (χ2v) is 12.8. The van der Waals surface area contributed by atoms with Gasteiger partial charge in [-0.15, -0.1) is 0 Å². The summed E-state index contributed by atoms with van der Waals surface area (Å²) in [5.74, 6) is -0.988. The number of carbonyl (C=O) groups is 2. The number of rotatable bonds is 35. The minimum absolute atomic E-state index is 0.00555. The zero-order chi connectivity index (χ0) is 33.3. The van der Waals surface area contributed by atoms with Crippen LogP contribution in [0.25, 0.3) is 0 Å². The average Bonchev–Trinajstić information content (AvgIpc) is 3.49. The van der Waals surface area contributed by atoms with E-state index in [1.165, 1.54) is 103 Å². The molecule has 0 N–H and O–H groups in total. The van der Waals surface area contributed by atoms with Crippen molar-refractivity contribution in [2.24, 2.45) is 0 Å². The molecule has 0 aliphatic carbocycles. The summed E-state index contributed by atoms with van der Waals surface area (Å²) in [6.07, 6.45) is 30.0. The van der Waals surface area contributed by atoms with Crippen molar-refractivity contribution < 1.29 is 38.2 Å². The zero-order valence-electron chi connectivity index (χ0n) is 29.6. The molecule has 0 saturated heterocycles. The lowest BCUT2D eigenvalue weighted by molar-refractivity contribution is -0.460. The van der Waals surface area contributed by atoms with Gasteiger partial charge in [-0.05, 0) is 32.6 Å². The number of ether oxygens (including phenoxy) is 4. The third-order valence-corrected chi connectivity index (χ3v) is 8.18. The summed E-state index contributed by atoms with van der Waals surface area (Å²) in [7, 11) is 0. The van der Waals surface area contributed by atoms with E-state index in [9.17, 15) is 14.7 Å². The van der Waals surface area contributed by atoms with Gasteiger partial charge in [0.1, 0.15) is 18.9 Å². The average molecular weight is 653 g/mol. The molecule has 0 radical (unpaired) electrons. The number of Topliss-reactive ketones (excluding diaryl/α,β-unsaturated/α-hetero) is 1. The maximum absolute atomic E-state index is 11.4. The molecule has 9 heteroatoms. The molecule has 1 aliphatic rings. The second-order valence-electron chi connectivity index (χ2n) is 12.8. The quantitative estimate of drug-likeness (QED) is 0.0572. The molecule has 9 nitrogen and oxygen atoms in total. The van der Waals surface area contributed by atoms with Crippen LogP contribution in [-0.4, -0.2) is 93.0 Å². The van der Waals surface area contributed by atoms with Crippen molar-refractivity contribution in [3.05, 3.63) is 12.4 Å². The third-order valence-electron chi connectivity index (χ3n) is 8.18. The molecule has 0 saturated carbocycles. The Morgan fingerprint density at radius 1 is 0.761 bits per heavy atom. The van der Waals surface area contributed by atoms with Crippen LogP contribution < -0.4 is 5.11 Å². The standard InChI is InChI=1S/C37H68N2O7/c1-3-4-5-6-7-8-9-10-11-12-13-14-15-16-17-21-27-44-32-36(46-31-35(2)40)33-45-30-29-43-28-26-39-25-24-38(34-39)23-20-18-19-22-37(41)42/h23-25,36H,3-22,26-34H2,1-2H3. The fraction of sp³-hybridized carbons (Fsp3) is 0.865. The summed E-state index contributed by atoms with van der Waals surface area (Å²) in [4.78, 5) is 24.0. The zero-order valence-corrected chi connectivity index (χ0v) is 29.6. The number of hydrogen-bond acceptors (Lipinski definition) is 8. The molecule has 268 valence electrons. The molecule has 0 bridgehead atoms. The Morgan fingerprint density at radius 3 is 1.91 bits per heavy atom. The monoisotopic (exact) mass is 653 g/mol. The largest absolute Gasteiger partial charge is 0.550 e. The van der Waals surface area contributed by atoms with Crippen LogP contribution in [0.5, 0.6) is 0 Å². The lowest BCUT2D eigenvalue weighted by atomic mass is 10.0. The number of ketones is 1. The maximum Gasteiger partial charge on any atom is 0.223 e. The van der Waals surface area contributed by atoms with Gasteiger partial charge in [0.15, 0.2) is 12.0 Å².